The van der Waals surface area contributed by atoms with Gasteiger partial charge in [0, 0.05) is 38.0 Å². The largest absolute Gasteiger partial charge is 0.354 e. The van der Waals surface area contributed by atoms with Gasteiger partial charge in [-0.15, -0.1) is 0 Å². The van der Waals surface area contributed by atoms with Crippen molar-refractivity contribution in [2.45, 2.75) is 70.3 Å². The van der Waals surface area contributed by atoms with Crippen LogP contribution in [0.25, 0.3) is 0 Å². The van der Waals surface area contributed by atoms with E-state index in [0.29, 0.717) is 32.1 Å². The molecule has 0 aromatic heterocycles. The van der Waals surface area contributed by atoms with Gasteiger partial charge < -0.3 is 15.5 Å². The molecule has 0 radical (unpaired) electrons. The van der Waals surface area contributed by atoms with Crippen LogP contribution in [0, 0.1) is 11.8 Å². The maximum atomic E-state index is 12.3. The van der Waals surface area contributed by atoms with Gasteiger partial charge in [-0.25, -0.2) is 0 Å². The van der Waals surface area contributed by atoms with Crippen LogP contribution in [0.4, 0.5) is 0 Å². The molecule has 2 aliphatic carbocycles. The quantitative estimate of drug-likeness (QED) is 0.715. The Morgan fingerprint density at radius 2 is 1.40 bits per heavy atom. The summed E-state index contributed by atoms with van der Waals surface area (Å²) in [6, 6.07) is 0.347. The van der Waals surface area contributed by atoms with Gasteiger partial charge in [0.25, 0.3) is 0 Å². The zero-order valence-electron chi connectivity index (χ0n) is 15.1. The van der Waals surface area contributed by atoms with Crippen molar-refractivity contribution in [2.24, 2.45) is 11.8 Å². The molecule has 0 aromatic carbocycles. The molecule has 3 aliphatic rings. The summed E-state index contributed by atoms with van der Waals surface area (Å²) < 4.78 is 0. The second-order valence-corrected chi connectivity index (χ2v) is 7.80. The highest BCUT2D eigenvalue weighted by Gasteiger charge is 2.38. The lowest BCUT2D eigenvalue weighted by molar-refractivity contribution is -0.130. The molecule has 1 atom stereocenters. The third-order valence-electron chi connectivity index (χ3n) is 5.99. The van der Waals surface area contributed by atoms with Crippen LogP contribution in [0.5, 0.6) is 0 Å². The Balaban J connectivity index is 1.34. The number of hydrogen-bond acceptors (Lipinski definition) is 3. The van der Waals surface area contributed by atoms with Crippen molar-refractivity contribution in [3.8, 4) is 0 Å². The Morgan fingerprint density at radius 1 is 0.840 bits per heavy atom. The average molecular weight is 349 g/mol. The summed E-state index contributed by atoms with van der Waals surface area (Å²) in [7, 11) is 0. The van der Waals surface area contributed by atoms with Crippen LogP contribution in [-0.4, -0.2) is 48.3 Å². The summed E-state index contributed by atoms with van der Waals surface area (Å²) in [6.07, 6.45) is 10.3. The molecule has 25 heavy (non-hydrogen) atoms. The number of rotatable bonds is 6. The number of carbonyl (C=O) groups is 3. The van der Waals surface area contributed by atoms with E-state index in [0.717, 1.165) is 38.5 Å². The first kappa shape index (κ1) is 18.2. The predicted molar refractivity (Wildman–Crippen MR) is 94.7 cm³/mol. The third-order valence-corrected chi connectivity index (χ3v) is 5.99. The Morgan fingerprint density at radius 3 is 2.04 bits per heavy atom. The van der Waals surface area contributed by atoms with Gasteiger partial charge in [0.2, 0.25) is 17.7 Å². The summed E-state index contributed by atoms with van der Waals surface area (Å²) in [5.74, 6) is 0.106. The number of amides is 3. The van der Waals surface area contributed by atoms with Gasteiger partial charge in [-0.3, -0.25) is 14.4 Å². The minimum absolute atomic E-state index is 0.0548. The second-order valence-electron chi connectivity index (χ2n) is 7.80. The maximum absolute atomic E-state index is 12.3. The fourth-order valence-corrected chi connectivity index (χ4v) is 4.50. The molecule has 3 rings (SSSR count). The first-order valence-corrected chi connectivity index (χ1v) is 10.00. The minimum Gasteiger partial charge on any atom is -0.354 e. The number of likely N-dealkylation sites (tertiary alicyclic amines) is 1. The first-order valence-electron chi connectivity index (χ1n) is 10.00. The van der Waals surface area contributed by atoms with Crippen molar-refractivity contribution >= 4 is 17.7 Å². The van der Waals surface area contributed by atoms with Gasteiger partial charge in [-0.2, -0.15) is 0 Å². The van der Waals surface area contributed by atoms with Crippen LogP contribution in [0.1, 0.15) is 64.2 Å². The van der Waals surface area contributed by atoms with Crippen molar-refractivity contribution in [1.29, 1.82) is 0 Å². The molecule has 6 heteroatoms. The van der Waals surface area contributed by atoms with Crippen molar-refractivity contribution in [3.05, 3.63) is 0 Å². The monoisotopic (exact) mass is 349 g/mol. The highest BCUT2D eigenvalue weighted by atomic mass is 16.2. The topological polar surface area (TPSA) is 78.5 Å². The minimum atomic E-state index is -0.234. The molecule has 1 heterocycles. The standard InChI is InChI=1S/C19H31N3O3/c23-17-12-15(13-22(17)16-8-4-5-9-16)19(25)21-11-10-20-18(24)14-6-2-1-3-7-14/h14-16H,1-13H2,(H,20,24)(H,21,25)/t15-/m0/s1. The molecule has 0 spiro atoms. The second kappa shape index (κ2) is 8.68. The fourth-order valence-electron chi connectivity index (χ4n) is 4.50. The van der Waals surface area contributed by atoms with Gasteiger partial charge in [0.15, 0.2) is 0 Å². The van der Waals surface area contributed by atoms with Gasteiger partial charge >= 0.3 is 0 Å². The average Bonchev–Trinajstić information content (AvgIpc) is 3.28. The molecule has 3 amide bonds. The molecule has 140 valence electrons. The van der Waals surface area contributed by atoms with E-state index in [1.54, 1.807) is 0 Å². The Kier molecular flexibility index (Phi) is 6.32. The summed E-state index contributed by atoms with van der Waals surface area (Å²) in [5, 5.41) is 5.81. The lowest BCUT2D eigenvalue weighted by atomic mass is 9.89. The smallest absolute Gasteiger partial charge is 0.225 e. The number of carbonyl (C=O) groups excluding carboxylic acids is 3. The molecular formula is C19H31N3O3. The van der Waals surface area contributed by atoms with E-state index in [1.807, 2.05) is 4.90 Å². The lowest BCUT2D eigenvalue weighted by Crippen LogP contribution is -2.41. The van der Waals surface area contributed by atoms with Crippen molar-refractivity contribution in [3.63, 3.8) is 0 Å². The lowest BCUT2D eigenvalue weighted by Gasteiger charge is -2.24. The van der Waals surface area contributed by atoms with E-state index < -0.39 is 0 Å². The summed E-state index contributed by atoms with van der Waals surface area (Å²) in [4.78, 5) is 38.4. The number of hydrogen-bond donors (Lipinski definition) is 2. The zero-order chi connectivity index (χ0) is 17.6. The Labute approximate surface area is 150 Å². The van der Waals surface area contributed by atoms with Crippen LogP contribution in [0.15, 0.2) is 0 Å². The van der Waals surface area contributed by atoms with E-state index in [-0.39, 0.29) is 29.6 Å². The molecule has 1 saturated heterocycles. The summed E-state index contributed by atoms with van der Waals surface area (Å²) in [6.45, 7) is 1.46. The Bertz CT molecular complexity index is 496. The van der Waals surface area contributed by atoms with E-state index in [1.165, 1.54) is 19.3 Å². The fraction of sp³-hybridized carbons (Fsp3) is 0.842. The first-order chi connectivity index (χ1) is 12.1. The third kappa shape index (κ3) is 4.73. The Hall–Kier alpha value is -1.59. The van der Waals surface area contributed by atoms with Crippen LogP contribution in [-0.2, 0) is 14.4 Å². The molecule has 6 nitrogen and oxygen atoms in total. The van der Waals surface area contributed by atoms with E-state index in [9.17, 15) is 14.4 Å². The van der Waals surface area contributed by atoms with E-state index in [2.05, 4.69) is 10.6 Å². The molecule has 2 N–H and O–H groups in total. The van der Waals surface area contributed by atoms with Gasteiger partial charge in [-0.05, 0) is 25.7 Å². The van der Waals surface area contributed by atoms with Crippen molar-refractivity contribution in [2.75, 3.05) is 19.6 Å². The normalized spacial score (nSPS) is 25.4. The molecule has 3 fully saturated rings. The molecular weight excluding hydrogens is 318 g/mol. The van der Waals surface area contributed by atoms with Gasteiger partial charge in [-0.1, -0.05) is 32.1 Å². The molecule has 0 unspecified atom stereocenters. The summed E-state index contributed by atoms with van der Waals surface area (Å²) in [5.41, 5.74) is 0. The van der Waals surface area contributed by atoms with E-state index >= 15 is 0 Å². The number of nitrogens with zero attached hydrogens (tertiary/aromatic N) is 1. The van der Waals surface area contributed by atoms with E-state index in [4.69, 9.17) is 0 Å². The van der Waals surface area contributed by atoms with Crippen molar-refractivity contribution < 1.29 is 14.4 Å². The molecule has 0 aromatic rings. The number of nitrogens with one attached hydrogen (secondary N) is 2. The molecule has 0 bridgehead atoms. The molecule has 1 aliphatic heterocycles. The molecule has 2 saturated carbocycles. The van der Waals surface area contributed by atoms with Gasteiger partial charge in [0.1, 0.15) is 0 Å². The van der Waals surface area contributed by atoms with Crippen LogP contribution < -0.4 is 10.6 Å². The van der Waals surface area contributed by atoms with Gasteiger partial charge in [0.05, 0.1) is 5.92 Å². The highest BCUT2D eigenvalue weighted by molar-refractivity contribution is 5.89. The predicted octanol–water partition coefficient (Wildman–Crippen LogP) is 1.59. The van der Waals surface area contributed by atoms with Crippen molar-refractivity contribution in [1.82, 2.24) is 15.5 Å². The van der Waals surface area contributed by atoms with Crippen LogP contribution in [0.2, 0.25) is 0 Å². The SMILES string of the molecule is O=C(NCCNC(=O)[C@H]1CC(=O)N(C2CCCC2)C1)C1CCCCC1. The highest BCUT2D eigenvalue weighted by Crippen LogP contribution is 2.29. The van der Waals surface area contributed by atoms with Crippen LogP contribution in [0.3, 0.4) is 0 Å². The van der Waals surface area contributed by atoms with Crippen LogP contribution >= 0.6 is 0 Å². The maximum Gasteiger partial charge on any atom is 0.225 e. The summed E-state index contributed by atoms with van der Waals surface area (Å²) >= 11 is 0. The zero-order valence-corrected chi connectivity index (χ0v) is 15.1.